The van der Waals surface area contributed by atoms with Crippen molar-refractivity contribution >= 4 is 34.2 Å². The largest absolute Gasteiger partial charge is 0.494 e. The zero-order chi connectivity index (χ0) is 26.5. The van der Waals surface area contributed by atoms with Crippen LogP contribution in [0, 0.1) is 0 Å². The predicted octanol–water partition coefficient (Wildman–Crippen LogP) is 4.35. The van der Waals surface area contributed by atoms with Crippen LogP contribution >= 0.6 is 0 Å². The monoisotopic (exact) mass is 498 g/mol. The highest BCUT2D eigenvalue weighted by Crippen LogP contribution is 2.32. The number of nitrogens with one attached hydrogen (secondary N) is 1. The first-order valence-electron chi connectivity index (χ1n) is 11.8. The molecule has 1 heterocycles. The van der Waals surface area contributed by atoms with Crippen molar-refractivity contribution in [2.45, 2.75) is 6.54 Å². The van der Waals surface area contributed by atoms with E-state index in [0.717, 1.165) is 22.2 Å². The van der Waals surface area contributed by atoms with Gasteiger partial charge < -0.3 is 19.7 Å². The van der Waals surface area contributed by atoms with E-state index in [9.17, 15) is 14.7 Å². The van der Waals surface area contributed by atoms with Crippen LogP contribution in [0.2, 0.25) is 0 Å². The number of methoxy groups -OCH3 is 1. The lowest BCUT2D eigenvalue weighted by molar-refractivity contribution is -0.129. The first-order valence-corrected chi connectivity index (χ1v) is 11.8. The number of benzene rings is 3. The summed E-state index contributed by atoms with van der Waals surface area (Å²) in [7, 11) is 6.73. The van der Waals surface area contributed by atoms with E-state index in [0.29, 0.717) is 35.4 Å². The second-order valence-corrected chi connectivity index (χ2v) is 9.05. The molecule has 1 aromatic heterocycles. The number of aliphatic imine (C=N–C) groups is 1. The molecule has 0 radical (unpaired) electrons. The normalized spacial score (nSPS) is 11.6. The van der Waals surface area contributed by atoms with E-state index in [4.69, 9.17) is 9.73 Å². The zero-order valence-corrected chi connectivity index (χ0v) is 21.4. The van der Waals surface area contributed by atoms with Crippen LogP contribution in [0.25, 0.3) is 10.9 Å². The fourth-order valence-corrected chi connectivity index (χ4v) is 4.07. The number of H-pyrrole nitrogens is 1. The summed E-state index contributed by atoms with van der Waals surface area (Å²) in [5.41, 5.74) is 4.73. The molecule has 0 bridgehead atoms. The Labute approximate surface area is 215 Å². The quantitative estimate of drug-likeness (QED) is 0.278. The van der Waals surface area contributed by atoms with Crippen LogP contribution in [0.15, 0.2) is 77.8 Å². The fraction of sp³-hybridized carbons (Fsp3) is 0.207. The van der Waals surface area contributed by atoms with Gasteiger partial charge in [-0.1, -0.05) is 48.5 Å². The lowest BCUT2D eigenvalue weighted by Gasteiger charge is -2.19. The summed E-state index contributed by atoms with van der Waals surface area (Å²) in [5, 5.41) is 11.6. The molecule has 0 saturated carbocycles. The lowest BCUT2D eigenvalue weighted by Crippen LogP contribution is -2.34. The van der Waals surface area contributed by atoms with E-state index in [1.54, 1.807) is 37.2 Å². The highest BCUT2D eigenvalue weighted by Gasteiger charge is 2.20. The molecule has 0 saturated heterocycles. The number of ether oxygens (including phenoxy) is 1. The maximum Gasteiger partial charge on any atom is 0.337 e. The van der Waals surface area contributed by atoms with Crippen LogP contribution in [0.3, 0.4) is 0 Å². The van der Waals surface area contributed by atoms with Crippen LogP contribution in [0.4, 0.5) is 5.69 Å². The van der Waals surface area contributed by atoms with Crippen LogP contribution < -0.4 is 0 Å². The summed E-state index contributed by atoms with van der Waals surface area (Å²) >= 11 is 0. The van der Waals surface area contributed by atoms with Gasteiger partial charge in [-0.05, 0) is 36.9 Å². The minimum Gasteiger partial charge on any atom is -0.494 e. The lowest BCUT2D eigenvalue weighted by atomic mass is 10.00. The van der Waals surface area contributed by atoms with Crippen LogP contribution in [0.1, 0.15) is 27.0 Å². The molecule has 0 atom stereocenters. The highest BCUT2D eigenvalue weighted by molar-refractivity contribution is 6.22. The molecule has 0 fully saturated rings. The van der Waals surface area contributed by atoms with Gasteiger partial charge in [-0.2, -0.15) is 0 Å². The van der Waals surface area contributed by atoms with Crippen LogP contribution in [-0.2, 0) is 16.1 Å². The van der Waals surface area contributed by atoms with Crippen molar-refractivity contribution in [3.63, 3.8) is 0 Å². The van der Waals surface area contributed by atoms with Crippen molar-refractivity contribution in [1.82, 2.24) is 14.8 Å². The van der Waals surface area contributed by atoms with Gasteiger partial charge in [0.1, 0.15) is 0 Å². The maximum absolute atomic E-state index is 12.0. The predicted molar refractivity (Wildman–Crippen MR) is 145 cm³/mol. The number of amides is 1. The number of nitrogens with zero attached hydrogens (tertiary/aromatic N) is 3. The topological polar surface area (TPSA) is 98.2 Å². The Bertz CT molecular complexity index is 1440. The first kappa shape index (κ1) is 25.7. The molecule has 2 N–H and O–H groups in total. The van der Waals surface area contributed by atoms with Crippen molar-refractivity contribution in [3.05, 3.63) is 95.1 Å². The molecule has 37 heavy (non-hydrogen) atoms. The summed E-state index contributed by atoms with van der Waals surface area (Å²) in [6.45, 7) is 0.962. The number of rotatable bonds is 8. The number of likely N-dealkylation sites (N-methyl/N-ethyl adjacent to an activating group) is 2. The average molecular weight is 499 g/mol. The molecule has 0 spiro atoms. The number of aromatic amines is 1. The number of aromatic hydroxyl groups is 1. The van der Waals surface area contributed by atoms with Gasteiger partial charge in [0.25, 0.3) is 0 Å². The molecule has 0 aliphatic heterocycles. The number of aromatic nitrogens is 1. The van der Waals surface area contributed by atoms with Gasteiger partial charge in [-0.15, -0.1) is 0 Å². The minimum atomic E-state index is -0.452. The van der Waals surface area contributed by atoms with Gasteiger partial charge in [-0.3, -0.25) is 9.69 Å². The van der Waals surface area contributed by atoms with E-state index < -0.39 is 5.97 Å². The Kier molecular flexibility index (Phi) is 7.69. The summed E-state index contributed by atoms with van der Waals surface area (Å²) in [6, 6.07) is 22.5. The van der Waals surface area contributed by atoms with E-state index in [2.05, 4.69) is 4.98 Å². The van der Waals surface area contributed by atoms with Gasteiger partial charge in [-0.25, -0.2) is 9.79 Å². The maximum atomic E-state index is 12.0. The van der Waals surface area contributed by atoms with Crippen molar-refractivity contribution < 1.29 is 19.4 Å². The number of carbonyl (C=O) groups is 2. The molecule has 190 valence electrons. The summed E-state index contributed by atoms with van der Waals surface area (Å²) in [5.74, 6) is -0.441. The first-order chi connectivity index (χ1) is 17.8. The summed E-state index contributed by atoms with van der Waals surface area (Å²) in [6.07, 6.45) is 0. The SMILES string of the molecule is COC(=O)c1ccc2c(C(=Nc3ccc(CN(C)CC(=O)N(C)C)cc3)c3ccccc3)c(O)[nH]c2c1. The van der Waals surface area contributed by atoms with Gasteiger partial charge in [0, 0.05) is 37.1 Å². The van der Waals surface area contributed by atoms with Gasteiger partial charge in [0.2, 0.25) is 5.91 Å². The third-order valence-corrected chi connectivity index (χ3v) is 6.02. The van der Waals surface area contributed by atoms with Gasteiger partial charge >= 0.3 is 5.97 Å². The zero-order valence-electron chi connectivity index (χ0n) is 21.4. The highest BCUT2D eigenvalue weighted by atomic mass is 16.5. The van der Waals surface area contributed by atoms with Gasteiger partial charge in [0.15, 0.2) is 5.88 Å². The molecular weight excluding hydrogens is 468 g/mol. The van der Waals surface area contributed by atoms with E-state index in [1.165, 1.54) is 7.11 Å². The Morgan fingerprint density at radius 1 is 0.946 bits per heavy atom. The van der Waals surface area contributed by atoms with Crippen molar-refractivity contribution in [2.75, 3.05) is 34.8 Å². The Hall–Kier alpha value is -4.43. The standard InChI is InChI=1S/C29H30N4O4/c1-32(2)25(34)18-33(3)17-19-10-13-22(14-11-19)30-27(20-8-6-5-7-9-20)26-23-15-12-21(29(36)37-4)16-24(23)31-28(26)35/h5-16,31,35H,17-18H2,1-4H3. The Morgan fingerprint density at radius 2 is 1.65 bits per heavy atom. The molecule has 4 rings (SSSR count). The van der Waals surface area contributed by atoms with E-state index in [1.807, 2.05) is 66.5 Å². The number of carbonyl (C=O) groups excluding carboxylic acids is 2. The van der Waals surface area contributed by atoms with Gasteiger partial charge in [0.05, 0.1) is 36.2 Å². The number of esters is 1. The molecule has 0 unspecified atom stereocenters. The third-order valence-electron chi connectivity index (χ3n) is 6.02. The van der Waals surface area contributed by atoms with E-state index >= 15 is 0 Å². The second-order valence-electron chi connectivity index (χ2n) is 9.05. The summed E-state index contributed by atoms with van der Waals surface area (Å²) < 4.78 is 4.82. The average Bonchev–Trinajstić information content (AvgIpc) is 3.22. The van der Waals surface area contributed by atoms with E-state index in [-0.39, 0.29) is 11.8 Å². The molecule has 0 aliphatic rings. The molecule has 4 aromatic rings. The number of hydrogen-bond acceptors (Lipinski definition) is 6. The number of fused-ring (bicyclic) bond motifs is 1. The Morgan fingerprint density at radius 3 is 2.30 bits per heavy atom. The molecule has 1 amide bonds. The Balaban J connectivity index is 1.70. The minimum absolute atomic E-state index is 0.0385. The second kappa shape index (κ2) is 11.1. The molecule has 8 heteroatoms. The van der Waals surface area contributed by atoms with Crippen LogP contribution in [-0.4, -0.2) is 72.3 Å². The van der Waals surface area contributed by atoms with Crippen molar-refractivity contribution in [2.24, 2.45) is 4.99 Å². The fourth-order valence-electron chi connectivity index (χ4n) is 4.07. The van der Waals surface area contributed by atoms with Crippen LogP contribution in [0.5, 0.6) is 5.88 Å². The molecule has 0 aliphatic carbocycles. The van der Waals surface area contributed by atoms with Crippen molar-refractivity contribution in [1.29, 1.82) is 0 Å². The summed E-state index contributed by atoms with van der Waals surface area (Å²) in [4.78, 5) is 35.4. The number of hydrogen-bond donors (Lipinski definition) is 2. The third kappa shape index (κ3) is 5.87. The molecule has 8 nitrogen and oxygen atoms in total. The van der Waals surface area contributed by atoms with Crippen molar-refractivity contribution in [3.8, 4) is 5.88 Å². The smallest absolute Gasteiger partial charge is 0.337 e. The molecule has 3 aromatic carbocycles. The molecular formula is C29H30N4O4.